The van der Waals surface area contributed by atoms with Gasteiger partial charge < -0.3 is 0 Å². The van der Waals surface area contributed by atoms with Crippen LogP contribution in [0.5, 0.6) is 0 Å². The third-order valence-electron chi connectivity index (χ3n) is 0.456. The van der Waals surface area contributed by atoms with Crippen LogP contribution in [0.4, 0.5) is 0 Å². The van der Waals surface area contributed by atoms with Gasteiger partial charge in [0.15, 0.2) is 0 Å². The van der Waals surface area contributed by atoms with Gasteiger partial charge >= 0.3 is 53.8 Å². The topological polar surface area (TPSA) is 26.0 Å². The van der Waals surface area contributed by atoms with E-state index in [-0.39, 0.29) is 0 Å². The molecule has 0 radical (unpaired) electrons. The summed E-state index contributed by atoms with van der Waals surface area (Å²) < 4.78 is 5.56. The summed E-state index contributed by atoms with van der Waals surface area (Å²) >= 11 is 4.18. The second kappa shape index (κ2) is 2.49. The number of halogens is 1. The molecule has 0 N–H and O–H groups in total. The SMILES string of the molecule is [Br][Co][c]1cocn1. The van der Waals surface area contributed by atoms with Gasteiger partial charge in [0.05, 0.1) is 0 Å². The first-order valence-corrected chi connectivity index (χ1v) is 4.63. The second-order valence-corrected chi connectivity index (χ2v) is 2.67. The van der Waals surface area contributed by atoms with Gasteiger partial charge in [-0.1, -0.05) is 0 Å². The molecule has 0 spiro atoms. The molecule has 4 heteroatoms. The Labute approximate surface area is 54.0 Å². The van der Waals surface area contributed by atoms with Crippen LogP contribution in [0.3, 0.4) is 0 Å². The molecule has 1 aromatic heterocycles. The van der Waals surface area contributed by atoms with Gasteiger partial charge in [-0.15, -0.1) is 0 Å². The predicted octanol–water partition coefficient (Wildman–Crippen LogP) is 0.692. The molecule has 0 aromatic carbocycles. The Morgan fingerprint density at radius 1 is 1.86 bits per heavy atom. The molecule has 2 nitrogen and oxygen atoms in total. The molecule has 1 aromatic rings. The van der Waals surface area contributed by atoms with E-state index < -0.39 is 0 Å². The van der Waals surface area contributed by atoms with Crippen molar-refractivity contribution in [3.63, 3.8) is 0 Å². The van der Waals surface area contributed by atoms with Crippen molar-refractivity contribution in [1.82, 2.24) is 4.98 Å². The molecular weight excluding hydrogens is 205 g/mol. The molecule has 0 bridgehead atoms. The van der Waals surface area contributed by atoms with Gasteiger partial charge in [-0.3, -0.25) is 0 Å². The third kappa shape index (κ3) is 1.29. The minimum absolute atomic E-state index is 0.899. The Bertz CT molecular complexity index is 129. The van der Waals surface area contributed by atoms with Crippen LogP contribution in [0.1, 0.15) is 0 Å². The van der Waals surface area contributed by atoms with Crippen molar-refractivity contribution in [1.29, 1.82) is 0 Å². The summed E-state index contributed by atoms with van der Waals surface area (Å²) in [5, 5.41) is 0. The molecule has 0 aliphatic carbocycles. The molecule has 1 heterocycles. The van der Waals surface area contributed by atoms with Crippen LogP contribution in [-0.2, 0) is 12.9 Å². The summed E-state index contributed by atoms with van der Waals surface area (Å²) in [6.45, 7) is 0. The first kappa shape index (κ1) is 5.34. The Kier molecular flexibility index (Phi) is 1.90. The van der Waals surface area contributed by atoms with E-state index in [9.17, 15) is 0 Å². The van der Waals surface area contributed by atoms with Crippen molar-refractivity contribution in [2.45, 2.75) is 0 Å². The summed E-state index contributed by atoms with van der Waals surface area (Å²) in [6.07, 6.45) is 3.00. The van der Waals surface area contributed by atoms with E-state index in [1.54, 1.807) is 6.26 Å². The maximum atomic E-state index is 4.66. The van der Waals surface area contributed by atoms with Crippen molar-refractivity contribution in [3.8, 4) is 0 Å². The molecule has 0 fully saturated rings. The molecule has 0 aliphatic rings. The van der Waals surface area contributed by atoms with E-state index in [1.807, 2.05) is 0 Å². The van der Waals surface area contributed by atoms with Crippen LogP contribution < -0.4 is 4.63 Å². The molecule has 0 atom stereocenters. The van der Waals surface area contributed by atoms with Crippen LogP contribution in [0.25, 0.3) is 0 Å². The number of hydrogen-bond acceptors (Lipinski definition) is 2. The van der Waals surface area contributed by atoms with Crippen molar-refractivity contribution >= 4 is 18.8 Å². The Morgan fingerprint density at radius 3 is 3.00 bits per heavy atom. The zero-order valence-corrected chi connectivity index (χ0v) is 5.85. The van der Waals surface area contributed by atoms with Gasteiger partial charge in [0.25, 0.3) is 0 Å². The van der Waals surface area contributed by atoms with Gasteiger partial charge in [-0.05, 0) is 0 Å². The first-order chi connectivity index (χ1) is 3.43. The summed E-state index contributed by atoms with van der Waals surface area (Å²) in [4.78, 5) is 3.81. The van der Waals surface area contributed by atoms with Crippen molar-refractivity contribution < 1.29 is 17.3 Å². The molecule has 0 aliphatic heterocycles. The van der Waals surface area contributed by atoms with E-state index in [1.165, 1.54) is 6.39 Å². The Hall–Kier alpha value is 0.196. The second-order valence-electron chi connectivity index (χ2n) is 0.851. The zero-order valence-electron chi connectivity index (χ0n) is 3.22. The predicted molar refractivity (Wildman–Crippen MR) is 25.1 cm³/mol. The standard InChI is InChI=1S/C3H2NO.BrH.Co/c1-2-5-3-4-1;;/h2-3H;1H;/q;;+1/p-1. The number of hydrogen-bond donors (Lipinski definition) is 0. The van der Waals surface area contributed by atoms with E-state index in [4.69, 9.17) is 0 Å². The molecule has 1 rings (SSSR count). The summed E-state index contributed by atoms with van der Waals surface area (Å²) in [5.41, 5.74) is 0. The van der Waals surface area contributed by atoms with Crippen LogP contribution in [-0.4, -0.2) is 4.98 Å². The monoisotopic (exact) mass is 206 g/mol. The normalized spacial score (nSPS) is 9.86. The average molecular weight is 207 g/mol. The molecular formula is C3H2BrCoNO. The van der Waals surface area contributed by atoms with Gasteiger partial charge in [0.2, 0.25) is 0 Å². The molecule has 0 unspecified atom stereocenters. The number of nitrogens with zero attached hydrogens (tertiary/aromatic N) is 1. The van der Waals surface area contributed by atoms with Crippen LogP contribution in [0, 0.1) is 0 Å². The van der Waals surface area contributed by atoms with E-state index in [0.29, 0.717) is 0 Å². The van der Waals surface area contributed by atoms with Gasteiger partial charge in [-0.2, -0.15) is 0 Å². The van der Waals surface area contributed by atoms with Crippen molar-refractivity contribution in [2.75, 3.05) is 0 Å². The van der Waals surface area contributed by atoms with Gasteiger partial charge in [0, 0.05) is 0 Å². The first-order valence-electron chi connectivity index (χ1n) is 1.53. The van der Waals surface area contributed by atoms with Crippen LogP contribution in [0.2, 0.25) is 0 Å². The third-order valence-corrected chi connectivity index (χ3v) is 2.03. The number of rotatable bonds is 1. The fourth-order valence-electron chi connectivity index (χ4n) is 0.224. The number of aromatic nitrogens is 1. The fraction of sp³-hybridized carbons (Fsp3) is 0. The van der Waals surface area contributed by atoms with Crippen molar-refractivity contribution in [2.24, 2.45) is 0 Å². The van der Waals surface area contributed by atoms with Crippen LogP contribution >= 0.6 is 14.2 Å². The van der Waals surface area contributed by atoms with E-state index in [2.05, 4.69) is 23.6 Å². The summed E-state index contributed by atoms with van der Waals surface area (Å²) in [6, 6.07) is 0. The van der Waals surface area contributed by atoms with E-state index in [0.717, 1.165) is 17.5 Å². The Balaban J connectivity index is 2.76. The minimum atomic E-state index is 0.899. The van der Waals surface area contributed by atoms with Crippen molar-refractivity contribution in [3.05, 3.63) is 12.7 Å². The van der Waals surface area contributed by atoms with Crippen LogP contribution in [0.15, 0.2) is 17.1 Å². The molecule has 0 saturated heterocycles. The zero-order chi connectivity index (χ0) is 5.11. The van der Waals surface area contributed by atoms with E-state index >= 15 is 0 Å². The summed E-state index contributed by atoms with van der Waals surface area (Å²) in [7, 11) is 0. The number of oxazole rings is 1. The summed E-state index contributed by atoms with van der Waals surface area (Å²) in [5.74, 6) is 0. The molecule has 41 valence electrons. The molecule has 0 saturated carbocycles. The molecule has 0 amide bonds. The fourth-order valence-corrected chi connectivity index (χ4v) is 0.985. The average Bonchev–Trinajstić information content (AvgIpc) is 2.14. The quantitative estimate of drug-likeness (QED) is 0.676. The molecule has 7 heavy (non-hydrogen) atoms. The van der Waals surface area contributed by atoms with Gasteiger partial charge in [0.1, 0.15) is 0 Å². The Morgan fingerprint density at radius 2 is 2.71 bits per heavy atom. The van der Waals surface area contributed by atoms with Gasteiger partial charge in [-0.25, -0.2) is 0 Å². The maximum absolute atomic E-state index is 4.66.